The van der Waals surface area contributed by atoms with Crippen LogP contribution in [0.5, 0.6) is 11.5 Å². The second kappa shape index (κ2) is 5.66. The van der Waals surface area contributed by atoms with Gasteiger partial charge in [0, 0.05) is 11.1 Å². The molecule has 0 atom stereocenters. The van der Waals surface area contributed by atoms with Gasteiger partial charge >= 0.3 is 0 Å². The minimum absolute atomic E-state index is 0.0591. The average Bonchev–Trinajstić information content (AvgIpc) is 2.50. The predicted octanol–water partition coefficient (Wildman–Crippen LogP) is 3.05. The number of fused-ring (bicyclic) bond motifs is 1. The van der Waals surface area contributed by atoms with Gasteiger partial charge in [-0.1, -0.05) is 11.6 Å². The minimum Gasteiger partial charge on any atom is -0.486 e. The smallest absolute Gasteiger partial charge is 0.262 e. The second-order valence-corrected chi connectivity index (χ2v) is 6.65. The molecule has 0 aliphatic carbocycles. The largest absolute Gasteiger partial charge is 0.486 e. The van der Waals surface area contributed by atoms with Gasteiger partial charge in [0.2, 0.25) is 0 Å². The third-order valence-corrected chi connectivity index (χ3v) is 4.59. The molecule has 0 amide bonds. The van der Waals surface area contributed by atoms with Crippen molar-refractivity contribution in [2.24, 2.45) is 0 Å². The Kier molecular flexibility index (Phi) is 3.84. The van der Waals surface area contributed by atoms with Crippen molar-refractivity contribution in [3.63, 3.8) is 0 Å². The number of anilines is 1. The normalized spacial score (nSPS) is 13.7. The Morgan fingerprint density at radius 1 is 1.05 bits per heavy atom. The Morgan fingerprint density at radius 2 is 1.77 bits per heavy atom. The summed E-state index contributed by atoms with van der Waals surface area (Å²) in [4.78, 5) is -0.0591. The van der Waals surface area contributed by atoms with E-state index in [-0.39, 0.29) is 15.6 Å². The summed E-state index contributed by atoms with van der Waals surface area (Å²) >= 11 is 5.75. The Labute approximate surface area is 131 Å². The van der Waals surface area contributed by atoms with Gasteiger partial charge < -0.3 is 9.47 Å². The first kappa shape index (κ1) is 14.9. The van der Waals surface area contributed by atoms with E-state index in [4.69, 9.17) is 21.1 Å². The number of halogens is 2. The average molecular weight is 344 g/mol. The Balaban J connectivity index is 1.94. The van der Waals surface area contributed by atoms with Crippen LogP contribution < -0.4 is 14.2 Å². The highest BCUT2D eigenvalue weighted by molar-refractivity contribution is 7.92. The van der Waals surface area contributed by atoms with E-state index in [9.17, 15) is 12.8 Å². The molecule has 0 bridgehead atoms. The molecule has 1 N–H and O–H groups in total. The highest BCUT2D eigenvalue weighted by Crippen LogP contribution is 2.33. The molecule has 0 radical (unpaired) electrons. The summed E-state index contributed by atoms with van der Waals surface area (Å²) in [6.45, 7) is 0.748. The molecule has 1 aliphatic rings. The third-order valence-electron chi connectivity index (χ3n) is 3.00. The van der Waals surface area contributed by atoms with Gasteiger partial charge in [0.1, 0.15) is 19.0 Å². The topological polar surface area (TPSA) is 64.6 Å². The molecule has 2 aromatic carbocycles. The summed E-state index contributed by atoms with van der Waals surface area (Å²) < 4.78 is 51.2. The lowest BCUT2D eigenvalue weighted by Gasteiger charge is -2.19. The zero-order valence-electron chi connectivity index (χ0n) is 11.2. The van der Waals surface area contributed by atoms with Crippen LogP contribution in [0.4, 0.5) is 10.1 Å². The molecular weight excluding hydrogens is 333 g/mol. The van der Waals surface area contributed by atoms with Crippen LogP contribution in [0, 0.1) is 5.82 Å². The molecule has 5 nitrogen and oxygen atoms in total. The van der Waals surface area contributed by atoms with Crippen LogP contribution in [-0.2, 0) is 10.0 Å². The molecule has 3 rings (SSSR count). The Bertz CT molecular complexity index is 826. The highest BCUT2D eigenvalue weighted by Gasteiger charge is 2.20. The van der Waals surface area contributed by atoms with E-state index in [0.717, 1.165) is 6.07 Å². The van der Waals surface area contributed by atoms with Crippen molar-refractivity contribution in [2.45, 2.75) is 4.90 Å². The van der Waals surface area contributed by atoms with E-state index in [1.807, 2.05) is 0 Å². The van der Waals surface area contributed by atoms with Gasteiger partial charge in [-0.15, -0.1) is 0 Å². The maximum absolute atomic E-state index is 13.7. The fraction of sp³-hybridized carbons (Fsp3) is 0.143. The molecule has 0 saturated heterocycles. The zero-order chi connectivity index (χ0) is 15.7. The molecule has 22 heavy (non-hydrogen) atoms. The summed E-state index contributed by atoms with van der Waals surface area (Å²) in [7, 11) is -3.97. The van der Waals surface area contributed by atoms with E-state index in [0.29, 0.717) is 24.7 Å². The van der Waals surface area contributed by atoms with Crippen LogP contribution in [0.2, 0.25) is 5.02 Å². The SMILES string of the molecule is O=S(=O)(Nc1cc(Cl)ccc1F)c1ccc2c(c1)OCCO2. The van der Waals surface area contributed by atoms with Gasteiger partial charge in [0.05, 0.1) is 10.6 Å². The first-order chi connectivity index (χ1) is 10.5. The Hall–Kier alpha value is -1.99. The fourth-order valence-electron chi connectivity index (χ4n) is 1.97. The third kappa shape index (κ3) is 2.95. The number of hydrogen-bond donors (Lipinski definition) is 1. The summed E-state index contributed by atoms with van der Waals surface area (Å²) in [5, 5.41) is 0.223. The van der Waals surface area contributed by atoms with Crippen LogP contribution in [0.1, 0.15) is 0 Å². The van der Waals surface area contributed by atoms with Crippen LogP contribution in [0.3, 0.4) is 0 Å². The first-order valence-electron chi connectivity index (χ1n) is 6.33. The Morgan fingerprint density at radius 3 is 2.55 bits per heavy atom. The summed E-state index contributed by atoms with van der Waals surface area (Å²) in [5.41, 5.74) is -0.220. The standard InChI is InChI=1S/C14H11ClFNO4S/c15-9-1-3-11(16)12(7-9)17-22(18,19)10-2-4-13-14(8-10)21-6-5-20-13/h1-4,7-8,17H,5-6H2. The van der Waals surface area contributed by atoms with E-state index in [2.05, 4.69) is 4.72 Å². The zero-order valence-corrected chi connectivity index (χ0v) is 12.7. The van der Waals surface area contributed by atoms with Crippen LogP contribution in [0.25, 0.3) is 0 Å². The minimum atomic E-state index is -3.97. The van der Waals surface area contributed by atoms with Gasteiger partial charge in [-0.2, -0.15) is 0 Å². The monoisotopic (exact) mass is 343 g/mol. The number of ether oxygens (including phenoxy) is 2. The van der Waals surface area contributed by atoms with Crippen LogP contribution in [0.15, 0.2) is 41.3 Å². The van der Waals surface area contributed by atoms with Crippen molar-refractivity contribution in [1.29, 1.82) is 0 Å². The quantitative estimate of drug-likeness (QED) is 0.930. The van der Waals surface area contributed by atoms with E-state index < -0.39 is 15.8 Å². The highest BCUT2D eigenvalue weighted by atomic mass is 35.5. The van der Waals surface area contributed by atoms with Gasteiger partial charge in [-0.3, -0.25) is 4.72 Å². The van der Waals surface area contributed by atoms with Crippen molar-refractivity contribution < 1.29 is 22.3 Å². The molecule has 0 spiro atoms. The summed E-state index contributed by atoms with van der Waals surface area (Å²) in [5.74, 6) is 0.0883. The molecule has 0 aromatic heterocycles. The van der Waals surface area contributed by atoms with E-state index in [1.54, 1.807) is 0 Å². The molecule has 116 valence electrons. The van der Waals surface area contributed by atoms with Crippen LogP contribution in [-0.4, -0.2) is 21.6 Å². The van der Waals surface area contributed by atoms with Crippen molar-refractivity contribution in [1.82, 2.24) is 0 Å². The van der Waals surface area contributed by atoms with Crippen molar-refractivity contribution in [3.8, 4) is 11.5 Å². The van der Waals surface area contributed by atoms with Crippen LogP contribution >= 0.6 is 11.6 Å². The van der Waals surface area contributed by atoms with E-state index in [1.165, 1.54) is 30.3 Å². The maximum atomic E-state index is 13.7. The number of nitrogens with one attached hydrogen (secondary N) is 1. The number of sulfonamides is 1. The van der Waals surface area contributed by atoms with Gasteiger partial charge in [0.15, 0.2) is 11.5 Å². The van der Waals surface area contributed by atoms with Crippen molar-refractivity contribution in [3.05, 3.63) is 47.2 Å². The number of benzene rings is 2. The summed E-state index contributed by atoms with van der Waals surface area (Å²) in [6, 6.07) is 7.81. The lowest BCUT2D eigenvalue weighted by molar-refractivity contribution is 0.171. The molecule has 8 heteroatoms. The van der Waals surface area contributed by atoms with Gasteiger partial charge in [-0.25, -0.2) is 12.8 Å². The number of rotatable bonds is 3. The van der Waals surface area contributed by atoms with Gasteiger partial charge in [0.25, 0.3) is 10.0 Å². The molecule has 2 aromatic rings. The van der Waals surface area contributed by atoms with Crippen molar-refractivity contribution >= 4 is 27.3 Å². The molecular formula is C14H11ClFNO4S. The van der Waals surface area contributed by atoms with Gasteiger partial charge in [-0.05, 0) is 30.3 Å². The number of hydrogen-bond acceptors (Lipinski definition) is 4. The lowest BCUT2D eigenvalue weighted by Crippen LogP contribution is -2.17. The fourth-order valence-corrected chi connectivity index (χ4v) is 3.22. The summed E-state index contributed by atoms with van der Waals surface area (Å²) in [6.07, 6.45) is 0. The molecule has 0 fully saturated rings. The molecule has 1 aliphatic heterocycles. The lowest BCUT2D eigenvalue weighted by atomic mass is 10.3. The predicted molar refractivity (Wildman–Crippen MR) is 79.7 cm³/mol. The molecule has 1 heterocycles. The van der Waals surface area contributed by atoms with E-state index >= 15 is 0 Å². The first-order valence-corrected chi connectivity index (χ1v) is 8.19. The molecule has 0 saturated carbocycles. The molecule has 0 unspecified atom stereocenters. The second-order valence-electron chi connectivity index (χ2n) is 4.54. The maximum Gasteiger partial charge on any atom is 0.262 e. The van der Waals surface area contributed by atoms with Crippen molar-refractivity contribution in [2.75, 3.05) is 17.9 Å².